The minimum atomic E-state index is -0.622. The third-order valence-corrected chi connectivity index (χ3v) is 2.94. The summed E-state index contributed by atoms with van der Waals surface area (Å²) >= 11 is 5.68. The van der Waals surface area contributed by atoms with Crippen LogP contribution in [0.2, 0.25) is 5.02 Å². The van der Waals surface area contributed by atoms with E-state index in [1.807, 2.05) is 0 Å². The smallest absolute Gasteiger partial charge is 0.130 e. The van der Waals surface area contributed by atoms with Gasteiger partial charge in [0.1, 0.15) is 11.6 Å². The molecule has 0 aliphatic heterocycles. The van der Waals surface area contributed by atoms with Crippen LogP contribution in [0.25, 0.3) is 0 Å². The van der Waals surface area contributed by atoms with Crippen LogP contribution in [0.15, 0.2) is 42.5 Å². The van der Waals surface area contributed by atoms with E-state index in [0.29, 0.717) is 16.3 Å². The summed E-state index contributed by atoms with van der Waals surface area (Å²) in [6.07, 6.45) is 0. The summed E-state index contributed by atoms with van der Waals surface area (Å²) in [6, 6.07) is 9.24. The molecular formula is C14H12ClF2NO. The summed E-state index contributed by atoms with van der Waals surface area (Å²) < 4.78 is 26.5. The van der Waals surface area contributed by atoms with Crippen LogP contribution in [0.5, 0.6) is 0 Å². The molecule has 100 valence electrons. The lowest BCUT2D eigenvalue weighted by molar-refractivity contribution is 0.274. The highest BCUT2D eigenvalue weighted by atomic mass is 35.5. The fourth-order valence-corrected chi connectivity index (χ4v) is 1.91. The number of rotatable bonds is 4. The first-order valence-corrected chi connectivity index (χ1v) is 6.06. The molecule has 0 spiro atoms. The minimum absolute atomic E-state index is 0.291. The highest BCUT2D eigenvalue weighted by Gasteiger charge is 2.15. The standard InChI is InChI=1S/C14H12ClF2NO/c15-9-1-6-12(13(17)7-9)14(8-19)18-11-4-2-10(16)3-5-11/h1-7,14,18-19H,8H2. The molecule has 2 nitrogen and oxygen atoms in total. The van der Waals surface area contributed by atoms with Crippen molar-refractivity contribution in [3.8, 4) is 0 Å². The van der Waals surface area contributed by atoms with Gasteiger partial charge in [0.05, 0.1) is 12.6 Å². The number of hydrogen-bond donors (Lipinski definition) is 2. The van der Waals surface area contributed by atoms with Gasteiger partial charge in [0, 0.05) is 16.3 Å². The first kappa shape index (κ1) is 13.8. The van der Waals surface area contributed by atoms with Gasteiger partial charge >= 0.3 is 0 Å². The maximum absolute atomic E-state index is 13.8. The summed E-state index contributed by atoms with van der Waals surface area (Å²) in [5, 5.41) is 12.6. The molecule has 0 saturated heterocycles. The average molecular weight is 284 g/mol. The first-order valence-electron chi connectivity index (χ1n) is 5.68. The van der Waals surface area contributed by atoms with E-state index in [-0.39, 0.29) is 12.4 Å². The molecule has 1 unspecified atom stereocenters. The van der Waals surface area contributed by atoms with E-state index >= 15 is 0 Å². The SMILES string of the molecule is OCC(Nc1ccc(F)cc1)c1ccc(Cl)cc1F. The van der Waals surface area contributed by atoms with E-state index < -0.39 is 11.9 Å². The molecular weight excluding hydrogens is 272 g/mol. The topological polar surface area (TPSA) is 32.3 Å². The van der Waals surface area contributed by atoms with Crippen molar-refractivity contribution in [3.05, 3.63) is 64.7 Å². The van der Waals surface area contributed by atoms with E-state index in [1.54, 1.807) is 6.07 Å². The van der Waals surface area contributed by atoms with Crippen LogP contribution in [-0.2, 0) is 0 Å². The van der Waals surface area contributed by atoms with Gasteiger partial charge in [-0.05, 0) is 36.4 Å². The second-order valence-corrected chi connectivity index (χ2v) is 4.49. The summed E-state index contributed by atoms with van der Waals surface area (Å²) in [6.45, 7) is -0.296. The molecule has 19 heavy (non-hydrogen) atoms. The molecule has 0 fully saturated rings. The van der Waals surface area contributed by atoms with Crippen LogP contribution in [0.3, 0.4) is 0 Å². The Hall–Kier alpha value is -1.65. The Kier molecular flexibility index (Phi) is 4.35. The monoisotopic (exact) mass is 283 g/mol. The van der Waals surface area contributed by atoms with E-state index in [2.05, 4.69) is 5.32 Å². The summed E-state index contributed by atoms with van der Waals surface area (Å²) in [7, 11) is 0. The molecule has 2 aromatic carbocycles. The molecule has 0 saturated carbocycles. The molecule has 0 aliphatic carbocycles. The normalized spacial score (nSPS) is 12.2. The van der Waals surface area contributed by atoms with Gasteiger partial charge in [-0.1, -0.05) is 17.7 Å². The third kappa shape index (κ3) is 3.43. The van der Waals surface area contributed by atoms with Crippen molar-refractivity contribution < 1.29 is 13.9 Å². The molecule has 0 aliphatic rings. The number of anilines is 1. The predicted octanol–water partition coefficient (Wildman–Crippen LogP) is 3.76. The van der Waals surface area contributed by atoms with Crippen molar-refractivity contribution in [1.82, 2.24) is 0 Å². The second kappa shape index (κ2) is 5.99. The maximum Gasteiger partial charge on any atom is 0.130 e. The molecule has 2 N–H and O–H groups in total. The van der Waals surface area contributed by atoms with Gasteiger partial charge in [-0.25, -0.2) is 8.78 Å². The summed E-state index contributed by atoms with van der Waals surface area (Å²) in [4.78, 5) is 0. The van der Waals surface area contributed by atoms with Gasteiger partial charge in [0.25, 0.3) is 0 Å². The average Bonchev–Trinajstić information content (AvgIpc) is 2.39. The van der Waals surface area contributed by atoms with E-state index in [1.165, 1.54) is 36.4 Å². The third-order valence-electron chi connectivity index (χ3n) is 2.71. The predicted molar refractivity (Wildman–Crippen MR) is 71.3 cm³/mol. The zero-order valence-electron chi connectivity index (χ0n) is 9.91. The van der Waals surface area contributed by atoms with Gasteiger partial charge < -0.3 is 10.4 Å². The number of hydrogen-bond acceptors (Lipinski definition) is 2. The van der Waals surface area contributed by atoms with Crippen molar-refractivity contribution in [3.63, 3.8) is 0 Å². The molecule has 2 rings (SSSR count). The number of benzene rings is 2. The van der Waals surface area contributed by atoms with Crippen LogP contribution >= 0.6 is 11.6 Å². The molecule has 0 radical (unpaired) electrons. The van der Waals surface area contributed by atoms with Gasteiger partial charge in [0.2, 0.25) is 0 Å². The highest BCUT2D eigenvalue weighted by molar-refractivity contribution is 6.30. The summed E-state index contributed by atoms with van der Waals surface area (Å²) in [5.74, 6) is -0.857. The lowest BCUT2D eigenvalue weighted by Gasteiger charge is -2.18. The lowest BCUT2D eigenvalue weighted by atomic mass is 10.1. The van der Waals surface area contributed by atoms with Gasteiger partial charge in [0.15, 0.2) is 0 Å². The van der Waals surface area contributed by atoms with Gasteiger partial charge in [-0.2, -0.15) is 0 Å². The summed E-state index contributed by atoms with van der Waals surface area (Å²) in [5.41, 5.74) is 0.894. The molecule has 0 amide bonds. The van der Waals surface area contributed by atoms with Crippen molar-refractivity contribution in [1.29, 1.82) is 0 Å². The second-order valence-electron chi connectivity index (χ2n) is 4.05. The first-order chi connectivity index (χ1) is 9.10. The van der Waals surface area contributed by atoms with Gasteiger partial charge in [-0.15, -0.1) is 0 Å². The number of halogens is 3. The molecule has 1 atom stereocenters. The lowest BCUT2D eigenvalue weighted by Crippen LogP contribution is -2.16. The minimum Gasteiger partial charge on any atom is -0.394 e. The Bertz CT molecular complexity index is 560. The van der Waals surface area contributed by atoms with Crippen LogP contribution in [0.4, 0.5) is 14.5 Å². The van der Waals surface area contributed by atoms with E-state index in [0.717, 1.165) is 0 Å². The number of nitrogens with one attached hydrogen (secondary N) is 1. The largest absolute Gasteiger partial charge is 0.394 e. The van der Waals surface area contributed by atoms with Crippen molar-refractivity contribution in [2.45, 2.75) is 6.04 Å². The molecule has 0 aromatic heterocycles. The fourth-order valence-electron chi connectivity index (χ4n) is 1.75. The number of aliphatic hydroxyl groups is 1. The molecule has 2 aromatic rings. The Labute approximate surface area is 114 Å². The molecule has 5 heteroatoms. The Morgan fingerprint density at radius 1 is 1.11 bits per heavy atom. The zero-order chi connectivity index (χ0) is 13.8. The van der Waals surface area contributed by atoms with Crippen molar-refractivity contribution in [2.75, 3.05) is 11.9 Å². The Balaban J connectivity index is 2.22. The Morgan fingerprint density at radius 2 is 1.79 bits per heavy atom. The molecule has 0 heterocycles. The highest BCUT2D eigenvalue weighted by Crippen LogP contribution is 2.24. The quantitative estimate of drug-likeness (QED) is 0.895. The van der Waals surface area contributed by atoms with Crippen LogP contribution < -0.4 is 5.32 Å². The fraction of sp³-hybridized carbons (Fsp3) is 0.143. The van der Waals surface area contributed by atoms with E-state index in [4.69, 9.17) is 11.6 Å². The maximum atomic E-state index is 13.8. The van der Waals surface area contributed by atoms with E-state index in [9.17, 15) is 13.9 Å². The molecule has 0 bridgehead atoms. The van der Waals surface area contributed by atoms with Gasteiger partial charge in [-0.3, -0.25) is 0 Å². The van der Waals surface area contributed by atoms with Crippen LogP contribution in [0, 0.1) is 11.6 Å². The van der Waals surface area contributed by atoms with Crippen LogP contribution in [0.1, 0.15) is 11.6 Å². The number of aliphatic hydroxyl groups excluding tert-OH is 1. The van der Waals surface area contributed by atoms with Crippen molar-refractivity contribution in [2.24, 2.45) is 0 Å². The Morgan fingerprint density at radius 3 is 2.37 bits per heavy atom. The zero-order valence-corrected chi connectivity index (χ0v) is 10.7. The van der Waals surface area contributed by atoms with Crippen LogP contribution in [-0.4, -0.2) is 11.7 Å². The van der Waals surface area contributed by atoms with Crippen molar-refractivity contribution >= 4 is 17.3 Å².